The summed E-state index contributed by atoms with van der Waals surface area (Å²) in [5.41, 5.74) is 1.55. The van der Waals surface area contributed by atoms with Crippen molar-refractivity contribution in [1.29, 1.82) is 0 Å². The van der Waals surface area contributed by atoms with Gasteiger partial charge in [-0.3, -0.25) is 4.79 Å². The highest BCUT2D eigenvalue weighted by molar-refractivity contribution is 5.94. The first-order valence-corrected chi connectivity index (χ1v) is 12.6. The normalized spacial score (nSPS) is 21.6. The summed E-state index contributed by atoms with van der Waals surface area (Å²) < 4.78 is 8.03. The fourth-order valence-electron chi connectivity index (χ4n) is 5.59. The van der Waals surface area contributed by atoms with Gasteiger partial charge < -0.3 is 15.0 Å². The number of ether oxygens (including phenoxy) is 1. The summed E-state index contributed by atoms with van der Waals surface area (Å²) in [6.07, 6.45) is 17.4. The molecule has 3 fully saturated rings. The number of carbonyl (C=O) groups is 1. The van der Waals surface area contributed by atoms with Crippen LogP contribution in [0.15, 0.2) is 36.7 Å². The average molecular weight is 437 g/mol. The highest BCUT2D eigenvalue weighted by atomic mass is 16.5. The third-order valence-corrected chi connectivity index (χ3v) is 7.51. The van der Waals surface area contributed by atoms with Crippen LogP contribution in [0.25, 0.3) is 5.69 Å². The third kappa shape index (κ3) is 5.17. The van der Waals surface area contributed by atoms with Gasteiger partial charge in [0.2, 0.25) is 0 Å². The molecule has 5 rings (SSSR count). The van der Waals surface area contributed by atoms with Gasteiger partial charge in [0.25, 0.3) is 5.91 Å². The van der Waals surface area contributed by atoms with Crippen LogP contribution in [0, 0.1) is 0 Å². The fourth-order valence-corrected chi connectivity index (χ4v) is 5.59. The van der Waals surface area contributed by atoms with Gasteiger partial charge in [-0.15, -0.1) is 0 Å². The van der Waals surface area contributed by atoms with Gasteiger partial charge in [-0.05, 0) is 62.8 Å². The Morgan fingerprint density at radius 1 is 0.906 bits per heavy atom. The minimum absolute atomic E-state index is 0.0213. The molecule has 1 amide bonds. The number of aromatic nitrogens is 2. The molecule has 1 aromatic carbocycles. The fraction of sp³-hybridized carbons (Fsp3) is 0.615. The molecule has 0 radical (unpaired) electrons. The molecule has 2 aromatic rings. The van der Waals surface area contributed by atoms with Crippen LogP contribution < -0.4 is 10.1 Å². The standard InChI is InChI=1S/C26H36N4O2/c31-26(28-21-6-2-1-3-7-21)20-18-27-30(19-20)23-10-12-24(13-11-23)32-25-14-16-29(17-15-25)22-8-4-5-9-22/h10-13,18-19,21-22,25H,1-9,14-17H2,(H,28,31). The molecular weight excluding hydrogens is 400 g/mol. The molecule has 2 aliphatic carbocycles. The number of amides is 1. The summed E-state index contributed by atoms with van der Waals surface area (Å²) in [6, 6.07) is 9.18. The van der Waals surface area contributed by atoms with Crippen LogP contribution >= 0.6 is 0 Å². The monoisotopic (exact) mass is 436 g/mol. The Morgan fingerprint density at radius 2 is 1.59 bits per heavy atom. The predicted octanol–water partition coefficient (Wildman–Crippen LogP) is 4.72. The van der Waals surface area contributed by atoms with Crippen LogP contribution in [-0.2, 0) is 0 Å². The Balaban J connectivity index is 1.13. The second kappa shape index (κ2) is 10.1. The van der Waals surface area contributed by atoms with E-state index in [1.165, 1.54) is 44.9 Å². The van der Waals surface area contributed by atoms with E-state index in [4.69, 9.17) is 4.74 Å². The lowest BCUT2D eigenvalue weighted by Gasteiger charge is -2.36. The van der Waals surface area contributed by atoms with Crippen molar-refractivity contribution in [1.82, 2.24) is 20.0 Å². The Hall–Kier alpha value is -2.34. The number of benzene rings is 1. The molecule has 2 heterocycles. The first kappa shape index (κ1) is 21.5. The van der Waals surface area contributed by atoms with E-state index in [-0.39, 0.29) is 5.91 Å². The topological polar surface area (TPSA) is 59.4 Å². The number of piperidine rings is 1. The van der Waals surface area contributed by atoms with Crippen molar-refractivity contribution in [2.45, 2.75) is 88.8 Å². The lowest BCUT2D eigenvalue weighted by atomic mass is 9.95. The van der Waals surface area contributed by atoms with Crippen LogP contribution in [0.1, 0.15) is 81.0 Å². The quantitative estimate of drug-likeness (QED) is 0.712. The number of nitrogens with zero attached hydrogens (tertiary/aromatic N) is 3. The largest absolute Gasteiger partial charge is 0.490 e. The zero-order valence-corrected chi connectivity index (χ0v) is 19.0. The van der Waals surface area contributed by atoms with Gasteiger partial charge in [0, 0.05) is 31.4 Å². The number of nitrogens with one attached hydrogen (secondary N) is 1. The van der Waals surface area contributed by atoms with Crippen molar-refractivity contribution >= 4 is 5.91 Å². The number of hydrogen-bond acceptors (Lipinski definition) is 4. The van der Waals surface area contributed by atoms with E-state index in [2.05, 4.69) is 15.3 Å². The average Bonchev–Trinajstić information content (AvgIpc) is 3.54. The van der Waals surface area contributed by atoms with Gasteiger partial charge in [-0.1, -0.05) is 32.1 Å². The van der Waals surface area contributed by atoms with Crippen molar-refractivity contribution in [3.63, 3.8) is 0 Å². The van der Waals surface area contributed by atoms with Gasteiger partial charge in [0.15, 0.2) is 0 Å². The highest BCUT2D eigenvalue weighted by Gasteiger charge is 2.27. The van der Waals surface area contributed by atoms with Crippen LogP contribution in [0.3, 0.4) is 0 Å². The molecule has 1 aromatic heterocycles. The summed E-state index contributed by atoms with van der Waals surface area (Å²) in [5.74, 6) is 0.891. The molecule has 0 spiro atoms. The molecular formula is C26H36N4O2. The molecule has 172 valence electrons. The number of carbonyl (C=O) groups excluding carboxylic acids is 1. The molecule has 0 bridgehead atoms. The van der Waals surface area contributed by atoms with Crippen LogP contribution in [0.5, 0.6) is 5.75 Å². The van der Waals surface area contributed by atoms with Gasteiger partial charge in [0.1, 0.15) is 11.9 Å². The summed E-state index contributed by atoms with van der Waals surface area (Å²) in [4.78, 5) is 15.2. The van der Waals surface area contributed by atoms with Gasteiger partial charge >= 0.3 is 0 Å². The number of likely N-dealkylation sites (tertiary alicyclic amines) is 1. The lowest BCUT2D eigenvalue weighted by molar-refractivity contribution is 0.0768. The number of rotatable bonds is 6. The molecule has 6 heteroatoms. The molecule has 1 aliphatic heterocycles. The molecule has 2 saturated carbocycles. The lowest BCUT2D eigenvalue weighted by Crippen LogP contribution is -2.43. The maximum atomic E-state index is 12.6. The zero-order valence-electron chi connectivity index (χ0n) is 19.0. The molecule has 3 aliphatic rings. The summed E-state index contributed by atoms with van der Waals surface area (Å²) in [6.45, 7) is 2.32. The Kier molecular flexibility index (Phi) is 6.77. The molecule has 1 N–H and O–H groups in total. The summed E-state index contributed by atoms with van der Waals surface area (Å²) in [5, 5.41) is 7.56. The highest BCUT2D eigenvalue weighted by Crippen LogP contribution is 2.28. The Morgan fingerprint density at radius 3 is 2.31 bits per heavy atom. The second-order valence-corrected chi connectivity index (χ2v) is 9.77. The van der Waals surface area contributed by atoms with Gasteiger partial charge in [-0.2, -0.15) is 5.10 Å². The third-order valence-electron chi connectivity index (χ3n) is 7.51. The van der Waals surface area contributed by atoms with Crippen molar-refractivity contribution in [3.8, 4) is 11.4 Å². The van der Waals surface area contributed by atoms with Crippen molar-refractivity contribution in [2.75, 3.05) is 13.1 Å². The zero-order chi connectivity index (χ0) is 21.8. The van der Waals surface area contributed by atoms with Gasteiger partial charge in [-0.25, -0.2) is 4.68 Å². The van der Waals surface area contributed by atoms with E-state index in [9.17, 15) is 4.79 Å². The van der Waals surface area contributed by atoms with Crippen molar-refractivity contribution < 1.29 is 9.53 Å². The van der Waals surface area contributed by atoms with E-state index >= 15 is 0 Å². The van der Waals surface area contributed by atoms with E-state index in [1.54, 1.807) is 10.9 Å². The minimum atomic E-state index is -0.0213. The van der Waals surface area contributed by atoms with Crippen LogP contribution in [0.2, 0.25) is 0 Å². The summed E-state index contributed by atoms with van der Waals surface area (Å²) in [7, 11) is 0. The van der Waals surface area contributed by atoms with E-state index in [1.807, 2.05) is 30.5 Å². The predicted molar refractivity (Wildman–Crippen MR) is 125 cm³/mol. The molecule has 1 saturated heterocycles. The molecule has 6 nitrogen and oxygen atoms in total. The SMILES string of the molecule is O=C(NC1CCCCC1)c1cnn(-c2ccc(OC3CCN(C4CCCC4)CC3)cc2)c1. The Bertz CT molecular complexity index is 873. The molecule has 0 unspecified atom stereocenters. The summed E-state index contributed by atoms with van der Waals surface area (Å²) >= 11 is 0. The van der Waals surface area contributed by atoms with Gasteiger partial charge in [0.05, 0.1) is 17.4 Å². The van der Waals surface area contributed by atoms with Crippen LogP contribution in [-0.4, -0.2) is 51.9 Å². The maximum Gasteiger partial charge on any atom is 0.254 e. The van der Waals surface area contributed by atoms with E-state index in [0.29, 0.717) is 17.7 Å². The van der Waals surface area contributed by atoms with Crippen molar-refractivity contribution in [2.24, 2.45) is 0 Å². The van der Waals surface area contributed by atoms with Crippen LogP contribution in [0.4, 0.5) is 0 Å². The van der Waals surface area contributed by atoms with Crippen molar-refractivity contribution in [3.05, 3.63) is 42.2 Å². The molecule has 0 atom stereocenters. The smallest absolute Gasteiger partial charge is 0.254 e. The van der Waals surface area contributed by atoms with E-state index < -0.39 is 0 Å². The second-order valence-electron chi connectivity index (χ2n) is 9.77. The minimum Gasteiger partial charge on any atom is -0.490 e. The Labute approximate surface area is 191 Å². The maximum absolute atomic E-state index is 12.6. The number of hydrogen-bond donors (Lipinski definition) is 1. The first-order valence-electron chi connectivity index (χ1n) is 12.6. The molecule has 32 heavy (non-hydrogen) atoms. The first-order chi connectivity index (χ1) is 15.7. The van der Waals surface area contributed by atoms with E-state index in [0.717, 1.165) is 56.3 Å².